The zero-order chi connectivity index (χ0) is 22.5. The van der Waals surface area contributed by atoms with Crippen LogP contribution in [0.3, 0.4) is 0 Å². The Labute approximate surface area is 190 Å². The Hall–Kier alpha value is -4.78. The number of H-pyrrole nitrogens is 1. The van der Waals surface area contributed by atoms with E-state index in [0.29, 0.717) is 11.5 Å². The van der Waals surface area contributed by atoms with Gasteiger partial charge in [-0.25, -0.2) is 15.4 Å². The van der Waals surface area contributed by atoms with Crippen molar-refractivity contribution in [1.29, 1.82) is 0 Å². The number of anilines is 2. The number of rotatable bonds is 6. The Kier molecular flexibility index (Phi) is 5.59. The molecule has 0 atom stereocenters. The molecule has 5 aromatic rings. The number of hydrogen-bond acceptors (Lipinski definition) is 5. The highest BCUT2D eigenvalue weighted by atomic mass is 16.2. The zero-order valence-corrected chi connectivity index (χ0v) is 17.6. The predicted molar refractivity (Wildman–Crippen MR) is 131 cm³/mol. The quantitative estimate of drug-likeness (QED) is 0.256. The number of carbonyl (C=O) groups is 1. The molecule has 5 rings (SSSR count). The summed E-state index contributed by atoms with van der Waals surface area (Å²) in [5.41, 5.74) is 7.71. The van der Waals surface area contributed by atoms with Crippen LogP contribution in [0.5, 0.6) is 0 Å². The van der Waals surface area contributed by atoms with Gasteiger partial charge in [0, 0.05) is 40.1 Å². The number of nitrogens with one attached hydrogen (secondary N) is 3. The summed E-state index contributed by atoms with van der Waals surface area (Å²) in [6.07, 6.45) is 5.29. The molecule has 2 heterocycles. The Balaban J connectivity index is 1.25. The number of aromatic amines is 1. The molecular weight excluding hydrogens is 412 g/mol. The lowest BCUT2D eigenvalue weighted by Gasteiger charge is -2.06. The van der Waals surface area contributed by atoms with Crippen LogP contribution in [0.1, 0.15) is 15.9 Å². The second-order valence-corrected chi connectivity index (χ2v) is 7.33. The molecule has 160 valence electrons. The second-order valence-electron chi connectivity index (χ2n) is 7.33. The van der Waals surface area contributed by atoms with E-state index in [-0.39, 0.29) is 5.91 Å². The van der Waals surface area contributed by atoms with E-state index in [4.69, 9.17) is 0 Å². The molecule has 0 saturated heterocycles. The van der Waals surface area contributed by atoms with E-state index in [1.54, 1.807) is 24.5 Å². The number of amides is 1. The van der Waals surface area contributed by atoms with E-state index in [0.717, 1.165) is 33.4 Å². The first-order valence-corrected chi connectivity index (χ1v) is 10.4. The maximum absolute atomic E-state index is 12.0. The fourth-order valence-corrected chi connectivity index (χ4v) is 3.45. The lowest BCUT2D eigenvalue weighted by atomic mass is 10.1. The lowest BCUT2D eigenvalue weighted by molar-refractivity contribution is 0.0955. The molecule has 0 aliphatic heterocycles. The van der Waals surface area contributed by atoms with Crippen LogP contribution < -0.4 is 10.7 Å². The third kappa shape index (κ3) is 4.62. The Morgan fingerprint density at radius 3 is 2.55 bits per heavy atom. The van der Waals surface area contributed by atoms with Crippen molar-refractivity contribution in [2.24, 2.45) is 5.10 Å². The first-order chi connectivity index (χ1) is 16.3. The van der Waals surface area contributed by atoms with Gasteiger partial charge >= 0.3 is 0 Å². The van der Waals surface area contributed by atoms with Crippen molar-refractivity contribution in [1.82, 2.24) is 20.4 Å². The molecule has 3 N–H and O–H groups in total. The minimum absolute atomic E-state index is 0.252. The molecule has 0 unspecified atom stereocenters. The minimum atomic E-state index is -0.252. The maximum Gasteiger partial charge on any atom is 0.271 e. The van der Waals surface area contributed by atoms with Gasteiger partial charge in [0.15, 0.2) is 0 Å². The van der Waals surface area contributed by atoms with E-state index in [2.05, 4.69) is 36.9 Å². The number of carbonyl (C=O) groups excluding carboxylic acids is 1. The monoisotopic (exact) mass is 432 g/mol. The first kappa shape index (κ1) is 20.1. The number of aromatic nitrogens is 3. The number of hydrazone groups is 1. The van der Waals surface area contributed by atoms with Crippen LogP contribution in [-0.4, -0.2) is 27.1 Å². The van der Waals surface area contributed by atoms with Crippen molar-refractivity contribution in [3.63, 3.8) is 0 Å². The van der Waals surface area contributed by atoms with Gasteiger partial charge in [0.2, 0.25) is 5.95 Å². The third-order valence-corrected chi connectivity index (χ3v) is 5.10. The van der Waals surface area contributed by atoms with Gasteiger partial charge in [0.25, 0.3) is 5.91 Å². The summed E-state index contributed by atoms with van der Waals surface area (Å²) in [6, 6.07) is 26.6. The molecule has 7 heteroatoms. The summed E-state index contributed by atoms with van der Waals surface area (Å²) in [4.78, 5) is 24.3. The number of para-hydroxylation sites is 1. The molecule has 7 nitrogen and oxygen atoms in total. The van der Waals surface area contributed by atoms with E-state index in [9.17, 15) is 4.79 Å². The van der Waals surface area contributed by atoms with Crippen LogP contribution in [0.4, 0.5) is 11.6 Å². The highest BCUT2D eigenvalue weighted by Gasteiger charge is 2.08. The summed E-state index contributed by atoms with van der Waals surface area (Å²) < 4.78 is 0. The Morgan fingerprint density at radius 1 is 0.909 bits per heavy atom. The molecule has 0 radical (unpaired) electrons. The van der Waals surface area contributed by atoms with Crippen molar-refractivity contribution in [2.45, 2.75) is 0 Å². The molecule has 0 saturated carbocycles. The maximum atomic E-state index is 12.0. The number of benzene rings is 3. The molecule has 3 aromatic carbocycles. The minimum Gasteiger partial charge on any atom is -0.360 e. The first-order valence-electron chi connectivity index (χ1n) is 10.4. The van der Waals surface area contributed by atoms with Gasteiger partial charge in [0.05, 0.1) is 11.9 Å². The van der Waals surface area contributed by atoms with Gasteiger partial charge in [-0.1, -0.05) is 48.5 Å². The number of nitrogens with zero attached hydrogens (tertiary/aromatic N) is 3. The number of hydrogen-bond donors (Lipinski definition) is 3. The summed E-state index contributed by atoms with van der Waals surface area (Å²) in [5, 5.41) is 8.37. The standard InChI is InChI=1S/C26H20N6O/c33-25(19-6-2-1-3-7-19)32-29-16-18-10-12-20(13-11-18)30-26-27-15-14-24(31-26)22-17-28-23-9-5-4-8-21(22)23/h1-17,28H,(H,32,33)(H,27,30,31). The van der Waals surface area contributed by atoms with Crippen molar-refractivity contribution >= 4 is 34.7 Å². The van der Waals surface area contributed by atoms with E-state index in [1.807, 2.05) is 72.9 Å². The lowest BCUT2D eigenvalue weighted by Crippen LogP contribution is -2.17. The molecule has 0 aliphatic carbocycles. The molecule has 0 spiro atoms. The van der Waals surface area contributed by atoms with E-state index in [1.165, 1.54) is 0 Å². The molecule has 1 amide bonds. The van der Waals surface area contributed by atoms with Crippen molar-refractivity contribution in [2.75, 3.05) is 5.32 Å². The molecular formula is C26H20N6O. The molecule has 33 heavy (non-hydrogen) atoms. The van der Waals surface area contributed by atoms with E-state index < -0.39 is 0 Å². The molecule has 2 aromatic heterocycles. The molecule has 0 bridgehead atoms. The average molecular weight is 432 g/mol. The van der Waals surface area contributed by atoms with Crippen LogP contribution in [0.25, 0.3) is 22.2 Å². The van der Waals surface area contributed by atoms with Crippen LogP contribution in [0.15, 0.2) is 102 Å². The third-order valence-electron chi connectivity index (χ3n) is 5.10. The second kappa shape index (κ2) is 9.15. The summed E-state index contributed by atoms with van der Waals surface area (Å²) in [6.45, 7) is 0. The Morgan fingerprint density at radius 2 is 1.70 bits per heavy atom. The van der Waals surface area contributed by atoms with Gasteiger partial charge in [-0.05, 0) is 42.0 Å². The average Bonchev–Trinajstić information content (AvgIpc) is 3.30. The molecule has 0 aliphatic rings. The van der Waals surface area contributed by atoms with Gasteiger partial charge in [-0.3, -0.25) is 4.79 Å². The van der Waals surface area contributed by atoms with Crippen molar-refractivity contribution < 1.29 is 4.79 Å². The largest absolute Gasteiger partial charge is 0.360 e. The van der Waals surface area contributed by atoms with Crippen LogP contribution in [0, 0.1) is 0 Å². The van der Waals surface area contributed by atoms with Crippen LogP contribution >= 0.6 is 0 Å². The van der Waals surface area contributed by atoms with Gasteiger partial charge < -0.3 is 10.3 Å². The smallest absolute Gasteiger partial charge is 0.271 e. The van der Waals surface area contributed by atoms with Crippen molar-refractivity contribution in [3.8, 4) is 11.3 Å². The Bertz CT molecular complexity index is 1420. The van der Waals surface area contributed by atoms with Gasteiger partial charge in [-0.15, -0.1) is 0 Å². The predicted octanol–water partition coefficient (Wildman–Crippen LogP) is 5.13. The zero-order valence-electron chi connectivity index (χ0n) is 17.6. The fourth-order valence-electron chi connectivity index (χ4n) is 3.45. The molecule has 0 fully saturated rings. The van der Waals surface area contributed by atoms with Crippen LogP contribution in [0.2, 0.25) is 0 Å². The fraction of sp³-hybridized carbons (Fsp3) is 0. The summed E-state index contributed by atoms with van der Waals surface area (Å²) >= 11 is 0. The topological polar surface area (TPSA) is 95.1 Å². The van der Waals surface area contributed by atoms with Crippen molar-refractivity contribution in [3.05, 3.63) is 108 Å². The normalized spacial score (nSPS) is 11.0. The van der Waals surface area contributed by atoms with Crippen LogP contribution in [-0.2, 0) is 0 Å². The highest BCUT2D eigenvalue weighted by molar-refractivity contribution is 5.95. The van der Waals surface area contributed by atoms with Gasteiger partial charge in [-0.2, -0.15) is 5.10 Å². The van der Waals surface area contributed by atoms with E-state index >= 15 is 0 Å². The highest BCUT2D eigenvalue weighted by Crippen LogP contribution is 2.27. The summed E-state index contributed by atoms with van der Waals surface area (Å²) in [5.74, 6) is 0.256. The SMILES string of the molecule is O=C(NN=Cc1ccc(Nc2nccc(-c3c[nH]c4ccccc34)n2)cc1)c1ccccc1. The number of fused-ring (bicyclic) bond motifs is 1. The van der Waals surface area contributed by atoms with Gasteiger partial charge in [0.1, 0.15) is 0 Å². The summed E-state index contributed by atoms with van der Waals surface area (Å²) in [7, 11) is 0.